The molecule has 0 radical (unpaired) electrons. The number of carbonyl (C=O) groups excluding carboxylic acids is 2. The smallest absolute Gasteiger partial charge is 0.264 e. The molecule has 3 aromatic rings. The van der Waals surface area contributed by atoms with Gasteiger partial charge in [-0.2, -0.15) is 0 Å². The summed E-state index contributed by atoms with van der Waals surface area (Å²) in [6.45, 7) is 3.50. The van der Waals surface area contributed by atoms with Crippen LogP contribution in [0.4, 0.5) is 5.69 Å². The highest BCUT2D eigenvalue weighted by Gasteiger charge is 2.33. The number of thioether (sulfide) groups is 1. The first-order chi connectivity index (χ1) is 19.7. The van der Waals surface area contributed by atoms with Crippen molar-refractivity contribution in [1.29, 1.82) is 0 Å². The average Bonchev–Trinajstić information content (AvgIpc) is 3.50. The van der Waals surface area contributed by atoms with E-state index in [4.69, 9.17) is 0 Å². The molecule has 218 valence electrons. The lowest BCUT2D eigenvalue weighted by molar-refractivity contribution is -0.139. The first-order valence-corrected chi connectivity index (χ1v) is 16.7. The first kappa shape index (κ1) is 30.7. The number of hydrogen-bond donors (Lipinski definition) is 1. The quantitative estimate of drug-likeness (QED) is 0.283. The van der Waals surface area contributed by atoms with Crippen LogP contribution in [0.15, 0.2) is 88.7 Å². The van der Waals surface area contributed by atoms with Crippen molar-refractivity contribution in [1.82, 2.24) is 10.2 Å². The van der Waals surface area contributed by atoms with E-state index in [1.165, 1.54) is 16.7 Å². The van der Waals surface area contributed by atoms with E-state index in [1.54, 1.807) is 43.3 Å². The molecule has 0 bridgehead atoms. The van der Waals surface area contributed by atoms with Crippen LogP contribution in [0.2, 0.25) is 0 Å². The van der Waals surface area contributed by atoms with Crippen molar-refractivity contribution in [2.75, 3.05) is 23.7 Å². The summed E-state index contributed by atoms with van der Waals surface area (Å²) in [5, 5.41) is 3.10. The van der Waals surface area contributed by atoms with Gasteiger partial charge in [0.15, 0.2) is 0 Å². The third-order valence-electron chi connectivity index (χ3n) is 7.60. The molecule has 1 unspecified atom stereocenters. The maximum atomic E-state index is 14.0. The topological polar surface area (TPSA) is 86.8 Å². The van der Waals surface area contributed by atoms with Crippen molar-refractivity contribution >= 4 is 39.3 Å². The summed E-state index contributed by atoms with van der Waals surface area (Å²) in [5.74, 6) is -0.643. The van der Waals surface area contributed by atoms with E-state index in [2.05, 4.69) is 5.32 Å². The van der Waals surface area contributed by atoms with Crippen molar-refractivity contribution in [3.8, 4) is 0 Å². The Morgan fingerprint density at radius 1 is 0.951 bits per heavy atom. The van der Waals surface area contributed by atoms with Crippen LogP contribution >= 0.6 is 11.8 Å². The van der Waals surface area contributed by atoms with Gasteiger partial charge in [-0.1, -0.05) is 60.9 Å². The third kappa shape index (κ3) is 7.92. The summed E-state index contributed by atoms with van der Waals surface area (Å²) in [4.78, 5) is 29.9. The fourth-order valence-electron chi connectivity index (χ4n) is 5.08. The fourth-order valence-corrected chi connectivity index (χ4v) is 6.90. The normalized spacial score (nSPS) is 14.4. The first-order valence-electron chi connectivity index (χ1n) is 14.1. The van der Waals surface area contributed by atoms with Crippen molar-refractivity contribution < 1.29 is 18.0 Å². The molecule has 3 aromatic carbocycles. The summed E-state index contributed by atoms with van der Waals surface area (Å²) in [6, 6.07) is 22.8. The molecule has 1 aliphatic rings. The number of sulfonamides is 1. The Hall–Kier alpha value is -3.30. The lowest BCUT2D eigenvalue weighted by Gasteiger charge is -2.32. The lowest BCUT2D eigenvalue weighted by Crippen LogP contribution is -2.53. The Balaban J connectivity index is 1.64. The summed E-state index contributed by atoms with van der Waals surface area (Å²) in [7, 11) is -4.08. The van der Waals surface area contributed by atoms with E-state index in [1.807, 2.05) is 55.6 Å². The molecule has 7 nitrogen and oxygen atoms in total. The standard InChI is InChI=1S/C32H39N3O4S2/c1-24-13-15-28(16-14-24)35(41(38,39)30-19-17-29(40-3)18-20-30)23-31(36)34(22-21-26-9-5-4-6-10-26)25(2)32(37)33-27-11-7-8-12-27/h4-6,9-10,13-20,25,27H,7-8,11-12,21-23H2,1-3H3,(H,33,37). The summed E-state index contributed by atoms with van der Waals surface area (Å²) in [6.07, 6.45) is 6.50. The zero-order valence-electron chi connectivity index (χ0n) is 24.0. The van der Waals surface area contributed by atoms with Gasteiger partial charge in [0.05, 0.1) is 10.6 Å². The number of nitrogens with one attached hydrogen (secondary N) is 1. The number of amides is 2. The number of anilines is 1. The third-order valence-corrected chi connectivity index (χ3v) is 10.1. The van der Waals surface area contributed by atoms with E-state index < -0.39 is 28.5 Å². The number of rotatable bonds is 12. The van der Waals surface area contributed by atoms with Gasteiger partial charge in [-0.15, -0.1) is 11.8 Å². The molecule has 41 heavy (non-hydrogen) atoms. The predicted octanol–water partition coefficient (Wildman–Crippen LogP) is 5.43. The second-order valence-electron chi connectivity index (χ2n) is 10.5. The van der Waals surface area contributed by atoms with Crippen LogP contribution in [0.5, 0.6) is 0 Å². The van der Waals surface area contributed by atoms with Crippen molar-refractivity contribution in [2.24, 2.45) is 0 Å². The molecule has 9 heteroatoms. The molecule has 4 rings (SSSR count). The van der Waals surface area contributed by atoms with Crippen LogP contribution in [-0.2, 0) is 26.0 Å². The summed E-state index contributed by atoms with van der Waals surface area (Å²) < 4.78 is 29.1. The highest BCUT2D eigenvalue weighted by atomic mass is 32.2. The van der Waals surface area contributed by atoms with Crippen LogP contribution in [0, 0.1) is 6.92 Å². The van der Waals surface area contributed by atoms with Crippen LogP contribution in [0.1, 0.15) is 43.7 Å². The van der Waals surface area contributed by atoms with Gasteiger partial charge in [0.2, 0.25) is 11.8 Å². The molecular formula is C32H39N3O4S2. The minimum Gasteiger partial charge on any atom is -0.352 e. The van der Waals surface area contributed by atoms with Gasteiger partial charge in [-0.3, -0.25) is 13.9 Å². The monoisotopic (exact) mass is 593 g/mol. The number of carbonyl (C=O) groups is 2. The van der Waals surface area contributed by atoms with Crippen LogP contribution < -0.4 is 9.62 Å². The Bertz CT molecular complexity index is 1410. The molecule has 0 saturated heterocycles. The van der Waals surface area contributed by atoms with Gasteiger partial charge in [-0.05, 0) is 81.3 Å². The Morgan fingerprint density at radius 2 is 1.59 bits per heavy atom. The largest absolute Gasteiger partial charge is 0.352 e. The zero-order valence-corrected chi connectivity index (χ0v) is 25.6. The minimum atomic E-state index is -4.08. The van der Waals surface area contributed by atoms with Gasteiger partial charge in [-0.25, -0.2) is 8.42 Å². The summed E-state index contributed by atoms with van der Waals surface area (Å²) in [5.41, 5.74) is 2.40. The van der Waals surface area contributed by atoms with Gasteiger partial charge in [0.25, 0.3) is 10.0 Å². The Labute approximate surface area is 248 Å². The predicted molar refractivity (Wildman–Crippen MR) is 166 cm³/mol. The molecule has 0 heterocycles. The molecule has 0 spiro atoms. The minimum absolute atomic E-state index is 0.103. The molecule has 0 aromatic heterocycles. The number of benzene rings is 3. The van der Waals surface area contributed by atoms with E-state index in [0.717, 1.165) is 46.0 Å². The molecule has 1 aliphatic carbocycles. The summed E-state index contributed by atoms with van der Waals surface area (Å²) >= 11 is 1.52. The van der Waals surface area contributed by atoms with E-state index >= 15 is 0 Å². The molecule has 1 atom stereocenters. The highest BCUT2D eigenvalue weighted by molar-refractivity contribution is 7.98. The average molecular weight is 594 g/mol. The molecule has 1 fully saturated rings. The molecular weight excluding hydrogens is 555 g/mol. The van der Waals surface area contributed by atoms with E-state index in [9.17, 15) is 18.0 Å². The maximum Gasteiger partial charge on any atom is 0.264 e. The second-order valence-corrected chi connectivity index (χ2v) is 13.3. The number of hydrogen-bond acceptors (Lipinski definition) is 5. The van der Waals surface area contributed by atoms with Crippen LogP contribution in [0.3, 0.4) is 0 Å². The van der Waals surface area contributed by atoms with E-state index in [0.29, 0.717) is 12.1 Å². The number of aryl methyl sites for hydroxylation is 1. The van der Waals surface area contributed by atoms with Crippen LogP contribution in [0.25, 0.3) is 0 Å². The van der Waals surface area contributed by atoms with Gasteiger partial charge in [0, 0.05) is 17.5 Å². The second kappa shape index (κ2) is 14.0. The number of nitrogens with zero attached hydrogens (tertiary/aromatic N) is 2. The fraction of sp³-hybridized carbons (Fsp3) is 0.375. The zero-order chi connectivity index (χ0) is 29.4. The Kier molecular flexibility index (Phi) is 10.5. The van der Waals surface area contributed by atoms with Crippen molar-refractivity contribution in [2.45, 2.75) is 67.8 Å². The van der Waals surface area contributed by atoms with E-state index in [-0.39, 0.29) is 23.4 Å². The van der Waals surface area contributed by atoms with Crippen LogP contribution in [-0.4, -0.2) is 56.6 Å². The highest BCUT2D eigenvalue weighted by Crippen LogP contribution is 2.26. The molecule has 1 N–H and O–H groups in total. The Morgan fingerprint density at radius 3 is 2.20 bits per heavy atom. The maximum absolute atomic E-state index is 14.0. The van der Waals surface area contributed by atoms with Gasteiger partial charge in [0.1, 0.15) is 12.6 Å². The molecule has 0 aliphatic heterocycles. The van der Waals surface area contributed by atoms with Gasteiger partial charge < -0.3 is 10.2 Å². The van der Waals surface area contributed by atoms with Crippen molar-refractivity contribution in [3.63, 3.8) is 0 Å². The SMILES string of the molecule is CSc1ccc(S(=O)(=O)N(CC(=O)N(CCc2ccccc2)C(C)C(=O)NC2CCCC2)c2ccc(C)cc2)cc1. The molecule has 2 amide bonds. The van der Waals surface area contributed by atoms with Gasteiger partial charge >= 0.3 is 0 Å². The lowest BCUT2D eigenvalue weighted by atomic mass is 10.1. The molecule has 1 saturated carbocycles. The van der Waals surface area contributed by atoms with Crippen molar-refractivity contribution in [3.05, 3.63) is 90.0 Å².